The van der Waals surface area contributed by atoms with E-state index >= 15 is 0 Å². The van der Waals surface area contributed by atoms with Gasteiger partial charge in [0.05, 0.1) is 17.7 Å². The lowest BCUT2D eigenvalue weighted by Gasteiger charge is -2.20. The highest BCUT2D eigenvalue weighted by Crippen LogP contribution is 2.19. The van der Waals surface area contributed by atoms with Crippen molar-refractivity contribution >= 4 is 28.9 Å². The summed E-state index contributed by atoms with van der Waals surface area (Å²) in [4.78, 5) is 9.34. The number of hydrogen-bond donors (Lipinski definition) is 0. The van der Waals surface area contributed by atoms with E-state index in [-0.39, 0.29) is 0 Å². The molecule has 26 heavy (non-hydrogen) atoms. The van der Waals surface area contributed by atoms with Crippen LogP contribution in [0, 0.1) is 0 Å². The van der Waals surface area contributed by atoms with Gasteiger partial charge in [-0.15, -0.1) is 0 Å². The summed E-state index contributed by atoms with van der Waals surface area (Å²) in [6, 6.07) is 16.9. The van der Waals surface area contributed by atoms with Gasteiger partial charge in [-0.1, -0.05) is 44.2 Å². The molecule has 0 saturated carbocycles. The normalized spacial score (nSPS) is 11.7. The fourth-order valence-corrected chi connectivity index (χ4v) is 3.05. The van der Waals surface area contributed by atoms with Gasteiger partial charge < -0.3 is 9.47 Å². The number of fused-ring (bicyclic) bond motifs is 1. The lowest BCUT2D eigenvalue weighted by atomic mass is 10.2. The van der Waals surface area contributed by atoms with E-state index in [0.717, 1.165) is 31.1 Å². The molecule has 1 heterocycles. The van der Waals surface area contributed by atoms with Crippen molar-refractivity contribution in [3.05, 3.63) is 59.9 Å². The molecule has 3 rings (SSSR count). The quantitative estimate of drug-likeness (QED) is 0.625. The van der Waals surface area contributed by atoms with Gasteiger partial charge >= 0.3 is 0 Å². The smallest absolute Gasteiger partial charge is 0.134 e. The van der Waals surface area contributed by atoms with Gasteiger partial charge in [0.1, 0.15) is 5.82 Å². The molecule has 1 aromatic heterocycles. The predicted molar refractivity (Wildman–Crippen MR) is 112 cm³/mol. The van der Waals surface area contributed by atoms with Crippen molar-refractivity contribution in [2.45, 2.75) is 20.5 Å². The maximum absolute atomic E-state index is 4.84. The van der Waals surface area contributed by atoms with Crippen molar-refractivity contribution < 1.29 is 0 Å². The molecule has 0 spiro atoms. The summed E-state index contributed by atoms with van der Waals surface area (Å²) in [5.41, 5.74) is 4.61. The van der Waals surface area contributed by atoms with Gasteiger partial charge in [0.15, 0.2) is 0 Å². The Hall–Kier alpha value is -2.59. The molecule has 0 fully saturated rings. The summed E-state index contributed by atoms with van der Waals surface area (Å²) < 4.78 is 2.30. The SMILES string of the molecule is CCN(CC)Cn1c(/C=C/c2ccc(N(C)C)cc2)nc2ccccc21. The van der Waals surface area contributed by atoms with Crippen LogP contribution in [-0.2, 0) is 6.67 Å². The predicted octanol–water partition coefficient (Wildman–Crippen LogP) is 4.57. The van der Waals surface area contributed by atoms with Crippen LogP contribution in [0.4, 0.5) is 5.69 Å². The second-order valence-corrected chi connectivity index (χ2v) is 6.65. The van der Waals surface area contributed by atoms with Crippen LogP contribution in [-0.4, -0.2) is 41.6 Å². The van der Waals surface area contributed by atoms with Gasteiger partial charge in [-0.05, 0) is 49.0 Å². The molecule has 0 unspecified atom stereocenters. The second-order valence-electron chi connectivity index (χ2n) is 6.65. The number of anilines is 1. The molecular weight excluding hydrogens is 320 g/mol. The lowest BCUT2D eigenvalue weighted by Crippen LogP contribution is -2.26. The van der Waals surface area contributed by atoms with Gasteiger partial charge in [-0.25, -0.2) is 4.98 Å². The largest absolute Gasteiger partial charge is 0.378 e. The van der Waals surface area contributed by atoms with E-state index in [1.807, 2.05) is 6.07 Å². The number of para-hydroxylation sites is 2. The zero-order chi connectivity index (χ0) is 18.5. The molecule has 0 N–H and O–H groups in total. The van der Waals surface area contributed by atoms with E-state index in [0.29, 0.717) is 0 Å². The van der Waals surface area contributed by atoms with Crippen LogP contribution in [0.2, 0.25) is 0 Å². The number of benzene rings is 2. The third kappa shape index (κ3) is 3.97. The molecule has 0 saturated heterocycles. The highest BCUT2D eigenvalue weighted by Gasteiger charge is 2.10. The molecule has 0 aliphatic rings. The highest BCUT2D eigenvalue weighted by molar-refractivity contribution is 5.80. The van der Waals surface area contributed by atoms with Gasteiger partial charge in [-0.2, -0.15) is 0 Å². The molecule has 0 aliphatic carbocycles. The van der Waals surface area contributed by atoms with Crippen molar-refractivity contribution in [1.82, 2.24) is 14.5 Å². The summed E-state index contributed by atoms with van der Waals surface area (Å²) in [6.07, 6.45) is 4.26. The fraction of sp³-hybridized carbons (Fsp3) is 0.318. The van der Waals surface area contributed by atoms with E-state index in [2.05, 4.69) is 96.9 Å². The number of hydrogen-bond acceptors (Lipinski definition) is 3. The lowest BCUT2D eigenvalue weighted by molar-refractivity contribution is 0.245. The van der Waals surface area contributed by atoms with Gasteiger partial charge in [0.2, 0.25) is 0 Å². The van der Waals surface area contributed by atoms with Gasteiger partial charge in [0, 0.05) is 19.8 Å². The third-order valence-electron chi connectivity index (χ3n) is 4.75. The fourth-order valence-electron chi connectivity index (χ4n) is 3.05. The Balaban J connectivity index is 1.93. The van der Waals surface area contributed by atoms with Crippen LogP contribution in [0.3, 0.4) is 0 Å². The van der Waals surface area contributed by atoms with E-state index < -0.39 is 0 Å². The summed E-state index contributed by atoms with van der Waals surface area (Å²) in [6.45, 7) is 7.30. The number of aromatic nitrogens is 2. The minimum absolute atomic E-state index is 0.854. The van der Waals surface area contributed by atoms with Crippen LogP contribution >= 0.6 is 0 Å². The van der Waals surface area contributed by atoms with Crippen molar-refractivity contribution in [1.29, 1.82) is 0 Å². The minimum atomic E-state index is 0.854. The van der Waals surface area contributed by atoms with Crippen LogP contribution in [0.5, 0.6) is 0 Å². The van der Waals surface area contributed by atoms with Crippen molar-refractivity contribution in [2.24, 2.45) is 0 Å². The summed E-state index contributed by atoms with van der Waals surface area (Å²) >= 11 is 0. The number of imidazole rings is 1. The van der Waals surface area contributed by atoms with E-state index in [1.165, 1.54) is 16.8 Å². The monoisotopic (exact) mass is 348 g/mol. The zero-order valence-electron chi connectivity index (χ0n) is 16.2. The number of nitrogens with zero attached hydrogens (tertiary/aromatic N) is 4. The summed E-state index contributed by atoms with van der Waals surface area (Å²) in [7, 11) is 4.11. The molecule has 4 heteroatoms. The van der Waals surface area contributed by atoms with Crippen molar-refractivity contribution in [3.63, 3.8) is 0 Å². The molecule has 0 amide bonds. The molecule has 136 valence electrons. The highest BCUT2D eigenvalue weighted by atomic mass is 15.3. The molecule has 0 radical (unpaired) electrons. The van der Waals surface area contributed by atoms with Crippen molar-refractivity contribution in [2.75, 3.05) is 32.1 Å². The Morgan fingerprint density at radius 1 is 0.923 bits per heavy atom. The first-order chi connectivity index (χ1) is 12.6. The first-order valence-corrected chi connectivity index (χ1v) is 9.25. The Morgan fingerprint density at radius 3 is 2.27 bits per heavy atom. The van der Waals surface area contributed by atoms with E-state index in [1.54, 1.807) is 0 Å². The summed E-state index contributed by atoms with van der Waals surface area (Å²) in [5, 5.41) is 0. The van der Waals surface area contributed by atoms with E-state index in [9.17, 15) is 0 Å². The standard InChI is InChI=1S/C22H28N4/c1-5-25(6-2)17-26-21-10-8-7-9-20(21)23-22(26)16-13-18-11-14-19(15-12-18)24(3)4/h7-16H,5-6,17H2,1-4H3/b16-13+. The molecule has 0 atom stereocenters. The Kier molecular flexibility index (Phi) is 5.74. The Morgan fingerprint density at radius 2 is 1.62 bits per heavy atom. The number of rotatable bonds is 7. The van der Waals surface area contributed by atoms with Gasteiger partial charge in [-0.3, -0.25) is 4.90 Å². The molecule has 0 bridgehead atoms. The first kappa shape index (κ1) is 18.2. The summed E-state index contributed by atoms with van der Waals surface area (Å²) in [5.74, 6) is 0.995. The molecule has 2 aromatic carbocycles. The third-order valence-corrected chi connectivity index (χ3v) is 4.75. The Bertz CT molecular complexity index is 871. The topological polar surface area (TPSA) is 24.3 Å². The average molecular weight is 348 g/mol. The van der Waals surface area contributed by atoms with Crippen LogP contribution in [0.15, 0.2) is 48.5 Å². The van der Waals surface area contributed by atoms with Crippen LogP contribution in [0.1, 0.15) is 25.2 Å². The maximum Gasteiger partial charge on any atom is 0.134 e. The first-order valence-electron chi connectivity index (χ1n) is 9.25. The molecule has 4 nitrogen and oxygen atoms in total. The average Bonchev–Trinajstić information content (AvgIpc) is 3.02. The van der Waals surface area contributed by atoms with Crippen LogP contribution < -0.4 is 4.90 Å². The maximum atomic E-state index is 4.84. The minimum Gasteiger partial charge on any atom is -0.378 e. The second kappa shape index (κ2) is 8.19. The van der Waals surface area contributed by atoms with Crippen molar-refractivity contribution in [3.8, 4) is 0 Å². The molecule has 0 aliphatic heterocycles. The molecular formula is C22H28N4. The van der Waals surface area contributed by atoms with Crippen LogP contribution in [0.25, 0.3) is 23.2 Å². The van der Waals surface area contributed by atoms with Gasteiger partial charge in [0.25, 0.3) is 0 Å². The zero-order valence-corrected chi connectivity index (χ0v) is 16.2. The molecule has 3 aromatic rings. The van der Waals surface area contributed by atoms with E-state index in [4.69, 9.17) is 4.98 Å². The Labute approximate surface area is 156 Å².